The summed E-state index contributed by atoms with van der Waals surface area (Å²) in [5, 5.41) is 3.45. The monoisotopic (exact) mass is 295 g/mol. The summed E-state index contributed by atoms with van der Waals surface area (Å²) in [6.45, 7) is 0.859. The fourth-order valence-corrected chi connectivity index (χ4v) is 3.87. The zero-order chi connectivity index (χ0) is 15.1. The molecule has 22 heavy (non-hydrogen) atoms. The second kappa shape index (κ2) is 5.24. The van der Waals surface area contributed by atoms with Crippen LogP contribution >= 0.6 is 0 Å². The molecular formula is C19H21NO2. The third-order valence-electron chi connectivity index (χ3n) is 4.86. The zero-order valence-corrected chi connectivity index (χ0v) is 13.2. The molecule has 114 valence electrons. The second-order valence-corrected chi connectivity index (χ2v) is 6.00. The highest BCUT2D eigenvalue weighted by Crippen LogP contribution is 2.46. The molecule has 0 fully saturated rings. The van der Waals surface area contributed by atoms with Crippen LogP contribution in [0.5, 0.6) is 0 Å². The maximum Gasteiger partial charge on any atom is 0.195 e. The van der Waals surface area contributed by atoms with E-state index in [4.69, 9.17) is 9.47 Å². The van der Waals surface area contributed by atoms with E-state index in [1.165, 1.54) is 33.4 Å². The smallest absolute Gasteiger partial charge is 0.195 e. The van der Waals surface area contributed by atoms with Crippen molar-refractivity contribution in [2.45, 2.75) is 25.7 Å². The van der Waals surface area contributed by atoms with E-state index in [1.54, 1.807) is 14.2 Å². The molecule has 0 aromatic carbocycles. The molecule has 3 nitrogen and oxygen atoms in total. The van der Waals surface area contributed by atoms with E-state index in [9.17, 15) is 0 Å². The van der Waals surface area contributed by atoms with Crippen molar-refractivity contribution in [3.63, 3.8) is 0 Å². The van der Waals surface area contributed by atoms with Crippen LogP contribution in [0.2, 0.25) is 0 Å². The minimum Gasteiger partial charge on any atom is -0.496 e. The predicted molar refractivity (Wildman–Crippen MR) is 86.9 cm³/mol. The van der Waals surface area contributed by atoms with Gasteiger partial charge in [-0.2, -0.15) is 0 Å². The average molecular weight is 295 g/mol. The molecule has 0 amide bonds. The van der Waals surface area contributed by atoms with Crippen molar-refractivity contribution in [2.75, 3.05) is 20.8 Å². The van der Waals surface area contributed by atoms with Gasteiger partial charge in [-0.1, -0.05) is 23.8 Å². The first-order valence-corrected chi connectivity index (χ1v) is 7.92. The number of hydrogen-bond acceptors (Lipinski definition) is 3. The molecule has 4 rings (SSSR count). The molecule has 0 atom stereocenters. The summed E-state index contributed by atoms with van der Waals surface area (Å²) in [4.78, 5) is 0. The van der Waals surface area contributed by atoms with Crippen molar-refractivity contribution < 1.29 is 9.47 Å². The Labute approximate surface area is 131 Å². The van der Waals surface area contributed by atoms with Crippen LogP contribution in [0.4, 0.5) is 0 Å². The number of methoxy groups -OCH3 is 2. The number of rotatable bonds is 2. The van der Waals surface area contributed by atoms with Gasteiger partial charge in [-0.25, -0.2) is 0 Å². The molecule has 1 heterocycles. The van der Waals surface area contributed by atoms with Crippen molar-refractivity contribution in [3.8, 4) is 0 Å². The molecule has 1 N–H and O–H groups in total. The molecule has 0 radical (unpaired) electrons. The molecule has 0 aromatic rings. The maximum atomic E-state index is 5.70. The molecule has 0 saturated heterocycles. The highest BCUT2D eigenvalue weighted by Gasteiger charge is 2.33. The highest BCUT2D eigenvalue weighted by molar-refractivity contribution is 5.71. The third-order valence-corrected chi connectivity index (χ3v) is 4.86. The molecule has 0 unspecified atom stereocenters. The van der Waals surface area contributed by atoms with Crippen molar-refractivity contribution in [3.05, 3.63) is 69.4 Å². The van der Waals surface area contributed by atoms with Gasteiger partial charge in [-0.05, 0) is 48.5 Å². The average Bonchev–Trinajstić information content (AvgIpc) is 2.74. The lowest BCUT2D eigenvalue weighted by Crippen LogP contribution is -2.28. The Hall–Kier alpha value is -2.16. The molecule has 1 aliphatic heterocycles. The van der Waals surface area contributed by atoms with E-state index in [0.717, 1.165) is 43.9 Å². The van der Waals surface area contributed by atoms with E-state index in [1.807, 2.05) is 0 Å². The van der Waals surface area contributed by atoms with Gasteiger partial charge in [0.05, 0.1) is 19.8 Å². The van der Waals surface area contributed by atoms with Gasteiger partial charge in [0.15, 0.2) is 5.88 Å². The van der Waals surface area contributed by atoms with E-state index in [0.29, 0.717) is 0 Å². The summed E-state index contributed by atoms with van der Waals surface area (Å²) in [5.74, 6) is 1.87. The van der Waals surface area contributed by atoms with Crippen LogP contribution < -0.4 is 5.32 Å². The number of fused-ring (bicyclic) bond motifs is 1. The van der Waals surface area contributed by atoms with Gasteiger partial charge in [0, 0.05) is 12.1 Å². The SMILES string of the molecule is COC1=CCCC2=C1C1=C(OC)NCC3=C1C(=CC2)C=CC3. The van der Waals surface area contributed by atoms with E-state index in [-0.39, 0.29) is 0 Å². The van der Waals surface area contributed by atoms with Crippen molar-refractivity contribution in [1.29, 1.82) is 0 Å². The maximum absolute atomic E-state index is 5.70. The second-order valence-electron chi connectivity index (χ2n) is 6.00. The summed E-state index contributed by atoms with van der Waals surface area (Å²) in [6, 6.07) is 0. The highest BCUT2D eigenvalue weighted by atomic mass is 16.5. The van der Waals surface area contributed by atoms with E-state index < -0.39 is 0 Å². The molecule has 3 heteroatoms. The Morgan fingerprint density at radius 1 is 0.955 bits per heavy atom. The Balaban J connectivity index is 1.99. The van der Waals surface area contributed by atoms with Crippen molar-refractivity contribution >= 4 is 0 Å². The summed E-state index contributed by atoms with van der Waals surface area (Å²) in [6.07, 6.45) is 13.2. The minimum atomic E-state index is 0.859. The zero-order valence-electron chi connectivity index (χ0n) is 13.2. The molecule has 3 aliphatic carbocycles. The van der Waals surface area contributed by atoms with Crippen LogP contribution in [0.15, 0.2) is 69.4 Å². The lowest BCUT2D eigenvalue weighted by Gasteiger charge is -2.31. The first-order valence-electron chi connectivity index (χ1n) is 7.92. The van der Waals surface area contributed by atoms with Gasteiger partial charge in [0.1, 0.15) is 5.76 Å². The summed E-state index contributed by atoms with van der Waals surface area (Å²) < 4.78 is 11.4. The molecule has 0 aromatic heterocycles. The Morgan fingerprint density at radius 2 is 1.86 bits per heavy atom. The van der Waals surface area contributed by atoms with Crippen LogP contribution in [0.1, 0.15) is 25.7 Å². The standard InChI is InChI=1S/C19H21NO2/c1-21-15-8-4-6-13-10-9-12-5-3-7-14-11-20-19(22-2)18(16(12)14)17(13)15/h3,5,8-9,20H,4,6-7,10-11H2,1-2H3. The summed E-state index contributed by atoms with van der Waals surface area (Å²) in [5.41, 5.74) is 8.02. The predicted octanol–water partition coefficient (Wildman–Crippen LogP) is 3.65. The third kappa shape index (κ3) is 1.88. The topological polar surface area (TPSA) is 30.5 Å². The quantitative estimate of drug-likeness (QED) is 0.843. The molecule has 4 aliphatic rings. The van der Waals surface area contributed by atoms with Crippen molar-refractivity contribution in [1.82, 2.24) is 5.32 Å². The van der Waals surface area contributed by atoms with Gasteiger partial charge in [0.2, 0.25) is 0 Å². The number of dihydropyridines is 1. The fraction of sp³-hybridized carbons (Fsp3) is 0.368. The largest absolute Gasteiger partial charge is 0.496 e. The molecule has 0 spiro atoms. The van der Waals surface area contributed by atoms with Gasteiger partial charge in [-0.15, -0.1) is 0 Å². The molecular weight excluding hydrogens is 274 g/mol. The van der Waals surface area contributed by atoms with Crippen molar-refractivity contribution in [2.24, 2.45) is 0 Å². The van der Waals surface area contributed by atoms with Gasteiger partial charge < -0.3 is 14.8 Å². The summed E-state index contributed by atoms with van der Waals surface area (Å²) in [7, 11) is 3.51. The van der Waals surface area contributed by atoms with Crippen LogP contribution in [0.25, 0.3) is 0 Å². The van der Waals surface area contributed by atoms with Crippen LogP contribution in [0.3, 0.4) is 0 Å². The first kappa shape index (κ1) is 13.5. The van der Waals surface area contributed by atoms with E-state index >= 15 is 0 Å². The first-order chi connectivity index (χ1) is 10.8. The lowest BCUT2D eigenvalue weighted by atomic mass is 9.81. The Morgan fingerprint density at radius 3 is 2.68 bits per heavy atom. The lowest BCUT2D eigenvalue weighted by molar-refractivity contribution is 0.255. The van der Waals surface area contributed by atoms with Gasteiger partial charge >= 0.3 is 0 Å². The minimum absolute atomic E-state index is 0.859. The van der Waals surface area contributed by atoms with Crippen LogP contribution in [0, 0.1) is 0 Å². The van der Waals surface area contributed by atoms with Crippen LogP contribution in [-0.2, 0) is 9.47 Å². The Kier molecular flexibility index (Phi) is 3.21. The number of nitrogens with one attached hydrogen (secondary N) is 1. The summed E-state index contributed by atoms with van der Waals surface area (Å²) >= 11 is 0. The number of ether oxygens (including phenoxy) is 2. The normalized spacial score (nSPS) is 23.2. The van der Waals surface area contributed by atoms with Gasteiger partial charge in [0.25, 0.3) is 0 Å². The fourth-order valence-electron chi connectivity index (χ4n) is 3.87. The Bertz CT molecular complexity index is 714. The van der Waals surface area contributed by atoms with Crippen LogP contribution in [-0.4, -0.2) is 20.8 Å². The molecule has 0 bridgehead atoms. The number of allylic oxidation sites excluding steroid dienone is 8. The van der Waals surface area contributed by atoms with Gasteiger partial charge in [-0.3, -0.25) is 0 Å². The van der Waals surface area contributed by atoms with E-state index in [2.05, 4.69) is 29.6 Å². The molecule has 0 saturated carbocycles. The number of hydrogen-bond donors (Lipinski definition) is 1.